The van der Waals surface area contributed by atoms with Crippen molar-refractivity contribution in [2.24, 2.45) is 0 Å². The Kier molecular flexibility index (Phi) is 5.70. The number of carbonyl (C=O) groups excluding carboxylic acids is 2. The summed E-state index contributed by atoms with van der Waals surface area (Å²) in [7, 11) is 0. The summed E-state index contributed by atoms with van der Waals surface area (Å²) in [6, 6.07) is 12.8. The SMILES string of the molecule is CC(C)(C)c1nc(C(=O)NCC(=O)NCc2ccc(Cl)cc2)c2ccccn12. The number of nitrogens with one attached hydrogen (secondary N) is 2. The average Bonchev–Trinajstić information content (AvgIpc) is 3.06. The molecule has 0 aliphatic heterocycles. The topological polar surface area (TPSA) is 75.5 Å². The van der Waals surface area contributed by atoms with Gasteiger partial charge in [0.25, 0.3) is 5.91 Å². The maximum Gasteiger partial charge on any atom is 0.272 e. The summed E-state index contributed by atoms with van der Waals surface area (Å²) in [6.45, 7) is 6.37. The van der Waals surface area contributed by atoms with Gasteiger partial charge in [0.05, 0.1) is 12.1 Å². The highest BCUT2D eigenvalue weighted by Gasteiger charge is 2.25. The van der Waals surface area contributed by atoms with E-state index in [4.69, 9.17) is 11.6 Å². The number of halogens is 1. The molecule has 3 aromatic rings. The van der Waals surface area contributed by atoms with Crippen LogP contribution >= 0.6 is 11.6 Å². The van der Waals surface area contributed by atoms with Crippen molar-refractivity contribution in [1.82, 2.24) is 20.0 Å². The van der Waals surface area contributed by atoms with Gasteiger partial charge < -0.3 is 15.0 Å². The van der Waals surface area contributed by atoms with Crippen LogP contribution in [0.1, 0.15) is 42.6 Å². The monoisotopic (exact) mass is 398 g/mol. The van der Waals surface area contributed by atoms with Crippen molar-refractivity contribution in [2.75, 3.05) is 6.54 Å². The molecular weight excluding hydrogens is 376 g/mol. The zero-order chi connectivity index (χ0) is 20.3. The Morgan fingerprint density at radius 2 is 1.79 bits per heavy atom. The maximum absolute atomic E-state index is 12.6. The fraction of sp³-hybridized carbons (Fsp3) is 0.286. The van der Waals surface area contributed by atoms with E-state index < -0.39 is 0 Å². The van der Waals surface area contributed by atoms with Crippen LogP contribution in [0.25, 0.3) is 5.52 Å². The smallest absolute Gasteiger partial charge is 0.272 e. The third-order valence-electron chi connectivity index (χ3n) is 4.25. The molecule has 0 spiro atoms. The third kappa shape index (κ3) is 4.51. The lowest BCUT2D eigenvalue weighted by molar-refractivity contribution is -0.120. The summed E-state index contributed by atoms with van der Waals surface area (Å²) in [5.41, 5.74) is 1.74. The van der Waals surface area contributed by atoms with E-state index in [1.54, 1.807) is 12.1 Å². The molecular formula is C21H23ClN4O2. The maximum atomic E-state index is 12.6. The molecule has 0 saturated heterocycles. The second-order valence-corrected chi connectivity index (χ2v) is 8.01. The minimum Gasteiger partial charge on any atom is -0.350 e. The first-order valence-corrected chi connectivity index (χ1v) is 9.40. The number of imidazole rings is 1. The average molecular weight is 399 g/mol. The molecule has 2 heterocycles. The molecule has 0 radical (unpaired) electrons. The lowest BCUT2D eigenvalue weighted by Crippen LogP contribution is -2.36. The minimum absolute atomic E-state index is 0.122. The Balaban J connectivity index is 1.65. The van der Waals surface area contributed by atoms with E-state index in [1.807, 2.05) is 61.7 Å². The van der Waals surface area contributed by atoms with E-state index in [-0.39, 0.29) is 23.8 Å². The number of pyridine rings is 1. The van der Waals surface area contributed by atoms with Gasteiger partial charge >= 0.3 is 0 Å². The number of hydrogen-bond acceptors (Lipinski definition) is 3. The van der Waals surface area contributed by atoms with E-state index in [2.05, 4.69) is 15.6 Å². The van der Waals surface area contributed by atoms with E-state index in [1.165, 1.54) is 0 Å². The van der Waals surface area contributed by atoms with Gasteiger partial charge in [0.1, 0.15) is 5.82 Å². The standard InChI is InChI=1S/C21H23ClN4O2/c1-21(2,3)20-25-18(16-6-4-5-11-26(16)20)19(28)24-13-17(27)23-12-14-7-9-15(22)10-8-14/h4-11H,12-13H2,1-3H3,(H,23,27)(H,24,28). The molecule has 28 heavy (non-hydrogen) atoms. The van der Waals surface area contributed by atoms with Crippen LogP contribution < -0.4 is 10.6 Å². The molecule has 2 aromatic heterocycles. The highest BCUT2D eigenvalue weighted by molar-refractivity contribution is 6.30. The van der Waals surface area contributed by atoms with Crippen LogP contribution in [0, 0.1) is 0 Å². The number of fused-ring (bicyclic) bond motifs is 1. The molecule has 0 aliphatic rings. The normalized spacial score (nSPS) is 11.4. The number of amides is 2. The first-order chi connectivity index (χ1) is 13.3. The highest BCUT2D eigenvalue weighted by atomic mass is 35.5. The quantitative estimate of drug-likeness (QED) is 0.692. The minimum atomic E-state index is -0.374. The van der Waals surface area contributed by atoms with Gasteiger partial charge in [-0.05, 0) is 29.8 Å². The Morgan fingerprint density at radius 3 is 2.46 bits per heavy atom. The molecule has 2 amide bonds. The van der Waals surface area contributed by atoms with Crippen LogP contribution in [-0.4, -0.2) is 27.7 Å². The molecule has 0 aliphatic carbocycles. The van der Waals surface area contributed by atoms with Gasteiger partial charge in [-0.15, -0.1) is 0 Å². The summed E-state index contributed by atoms with van der Waals surface area (Å²) >= 11 is 5.85. The van der Waals surface area contributed by atoms with Crippen LogP contribution in [0.5, 0.6) is 0 Å². The van der Waals surface area contributed by atoms with Crippen LogP contribution in [0.15, 0.2) is 48.7 Å². The van der Waals surface area contributed by atoms with Gasteiger partial charge in [0.15, 0.2) is 5.69 Å². The summed E-state index contributed by atoms with van der Waals surface area (Å²) in [5.74, 6) is 0.143. The largest absolute Gasteiger partial charge is 0.350 e. The fourth-order valence-corrected chi connectivity index (χ4v) is 2.97. The molecule has 7 heteroatoms. The van der Waals surface area contributed by atoms with E-state index in [0.29, 0.717) is 22.8 Å². The van der Waals surface area contributed by atoms with Gasteiger partial charge in [0, 0.05) is 23.2 Å². The third-order valence-corrected chi connectivity index (χ3v) is 4.50. The van der Waals surface area contributed by atoms with Crippen LogP contribution in [-0.2, 0) is 16.8 Å². The van der Waals surface area contributed by atoms with Crippen LogP contribution in [0.3, 0.4) is 0 Å². The van der Waals surface area contributed by atoms with Crippen molar-refractivity contribution in [2.45, 2.75) is 32.7 Å². The summed E-state index contributed by atoms with van der Waals surface area (Å²) in [4.78, 5) is 29.3. The molecule has 146 valence electrons. The molecule has 0 unspecified atom stereocenters. The number of carbonyl (C=O) groups is 2. The van der Waals surface area contributed by atoms with Gasteiger partial charge in [-0.25, -0.2) is 4.98 Å². The zero-order valence-corrected chi connectivity index (χ0v) is 16.9. The number of nitrogens with zero attached hydrogens (tertiary/aromatic N) is 2. The Labute approximate surface area is 168 Å². The first kappa shape index (κ1) is 19.9. The fourth-order valence-electron chi connectivity index (χ4n) is 2.84. The van der Waals surface area contributed by atoms with Crippen LogP contribution in [0.2, 0.25) is 5.02 Å². The second-order valence-electron chi connectivity index (χ2n) is 7.58. The first-order valence-electron chi connectivity index (χ1n) is 9.02. The van der Waals surface area contributed by atoms with Crippen molar-refractivity contribution in [3.8, 4) is 0 Å². The summed E-state index contributed by atoms with van der Waals surface area (Å²) in [5, 5.41) is 6.07. The lowest BCUT2D eigenvalue weighted by atomic mass is 9.96. The van der Waals surface area contributed by atoms with E-state index in [9.17, 15) is 9.59 Å². The van der Waals surface area contributed by atoms with E-state index in [0.717, 1.165) is 11.4 Å². The lowest BCUT2D eigenvalue weighted by Gasteiger charge is -2.16. The van der Waals surface area contributed by atoms with Crippen molar-refractivity contribution in [1.29, 1.82) is 0 Å². The molecule has 0 bridgehead atoms. The Bertz CT molecular complexity index is 1000. The molecule has 0 atom stereocenters. The molecule has 3 rings (SSSR count). The van der Waals surface area contributed by atoms with Gasteiger partial charge in [-0.1, -0.05) is 50.6 Å². The summed E-state index contributed by atoms with van der Waals surface area (Å²) < 4.78 is 1.91. The number of hydrogen-bond donors (Lipinski definition) is 2. The van der Waals surface area contributed by atoms with Gasteiger partial charge in [0.2, 0.25) is 5.91 Å². The van der Waals surface area contributed by atoms with Gasteiger partial charge in [-0.3, -0.25) is 9.59 Å². The predicted octanol–water partition coefficient (Wildman–Crippen LogP) is 3.33. The molecule has 1 aromatic carbocycles. The van der Waals surface area contributed by atoms with Gasteiger partial charge in [-0.2, -0.15) is 0 Å². The van der Waals surface area contributed by atoms with Crippen molar-refractivity contribution >= 4 is 28.9 Å². The number of rotatable bonds is 5. The number of benzene rings is 1. The number of aromatic nitrogens is 2. The molecule has 6 nitrogen and oxygen atoms in total. The Morgan fingerprint density at radius 1 is 1.07 bits per heavy atom. The van der Waals surface area contributed by atoms with Crippen molar-refractivity contribution in [3.05, 3.63) is 70.8 Å². The Hall–Kier alpha value is -2.86. The van der Waals surface area contributed by atoms with Crippen LogP contribution in [0.4, 0.5) is 0 Å². The molecule has 0 saturated carbocycles. The molecule has 2 N–H and O–H groups in total. The highest BCUT2D eigenvalue weighted by Crippen LogP contribution is 2.24. The van der Waals surface area contributed by atoms with Crippen molar-refractivity contribution < 1.29 is 9.59 Å². The van der Waals surface area contributed by atoms with E-state index >= 15 is 0 Å². The summed E-state index contributed by atoms with van der Waals surface area (Å²) in [6.07, 6.45) is 1.89. The molecule has 0 fully saturated rings. The van der Waals surface area contributed by atoms with Crippen molar-refractivity contribution in [3.63, 3.8) is 0 Å². The second kappa shape index (κ2) is 8.02. The predicted molar refractivity (Wildman–Crippen MR) is 110 cm³/mol. The zero-order valence-electron chi connectivity index (χ0n) is 16.1.